The van der Waals surface area contributed by atoms with Gasteiger partial charge in [0.05, 0.1) is 22.7 Å². The molecule has 4 aromatic rings. The number of carbonyl (C=O) groups excluding carboxylic acids is 1. The fraction of sp³-hybridized carbons (Fsp3) is 0.211. The number of hydrogen-bond acceptors (Lipinski definition) is 5. The average molecular weight is 335 g/mol. The van der Waals surface area contributed by atoms with Crippen molar-refractivity contribution in [2.45, 2.75) is 26.8 Å². The lowest BCUT2D eigenvalue weighted by atomic mass is 10.1. The Morgan fingerprint density at radius 2 is 2.00 bits per heavy atom. The van der Waals surface area contributed by atoms with Crippen molar-refractivity contribution < 1.29 is 13.7 Å². The van der Waals surface area contributed by atoms with Crippen molar-refractivity contribution >= 4 is 28.0 Å². The summed E-state index contributed by atoms with van der Waals surface area (Å²) < 4.78 is 11.0. The van der Waals surface area contributed by atoms with Crippen molar-refractivity contribution in [3.05, 3.63) is 59.1 Å². The van der Waals surface area contributed by atoms with Crippen molar-refractivity contribution in [1.29, 1.82) is 0 Å². The maximum Gasteiger partial charge on any atom is 0.258 e. The van der Waals surface area contributed by atoms with Gasteiger partial charge in [0, 0.05) is 11.1 Å². The minimum Gasteiger partial charge on any atom is -0.459 e. The van der Waals surface area contributed by atoms with E-state index in [2.05, 4.69) is 15.5 Å². The summed E-state index contributed by atoms with van der Waals surface area (Å²) >= 11 is 0. The molecule has 6 nitrogen and oxygen atoms in total. The second-order valence-corrected chi connectivity index (χ2v) is 6.14. The topological polar surface area (TPSA) is 81.2 Å². The van der Waals surface area contributed by atoms with E-state index in [0.717, 1.165) is 11.0 Å². The lowest BCUT2D eigenvalue weighted by molar-refractivity contribution is 0.0937. The van der Waals surface area contributed by atoms with Gasteiger partial charge in [-0.2, -0.15) is 0 Å². The van der Waals surface area contributed by atoms with Crippen molar-refractivity contribution in [3.8, 4) is 0 Å². The number of carbonyl (C=O) groups is 1. The predicted molar refractivity (Wildman–Crippen MR) is 93.4 cm³/mol. The van der Waals surface area contributed by atoms with Crippen molar-refractivity contribution in [2.75, 3.05) is 0 Å². The third-order valence-corrected chi connectivity index (χ3v) is 4.21. The van der Waals surface area contributed by atoms with Gasteiger partial charge in [-0.3, -0.25) is 4.79 Å². The Hall–Kier alpha value is -3.15. The number of nitrogens with zero attached hydrogens (tertiary/aromatic N) is 2. The van der Waals surface area contributed by atoms with Gasteiger partial charge in [0.25, 0.3) is 11.6 Å². The molecule has 0 radical (unpaired) electrons. The minimum atomic E-state index is -0.274. The molecule has 6 heteroatoms. The lowest BCUT2D eigenvalue weighted by Crippen LogP contribution is -2.26. The molecule has 1 amide bonds. The maximum absolute atomic E-state index is 12.8. The normalized spacial score (nSPS) is 12.6. The first-order chi connectivity index (χ1) is 12.0. The number of hydrogen-bond donors (Lipinski definition) is 1. The monoisotopic (exact) mass is 335 g/mol. The number of para-hydroxylation sites is 1. The number of aromatic nitrogens is 2. The molecule has 4 rings (SSSR count). The molecule has 0 aliphatic rings. The van der Waals surface area contributed by atoms with Gasteiger partial charge in [-0.05, 0) is 39.0 Å². The summed E-state index contributed by atoms with van der Waals surface area (Å²) in [5, 5.41) is 8.54. The second-order valence-electron chi connectivity index (χ2n) is 6.14. The standard InChI is InChI=1S/C19H17N3O3/c1-10-8-14(17-12(3)22-25-19(17)20-10)18(23)21-11(2)16-9-13-6-4-5-7-15(13)24-16/h4-9,11H,1-3H3,(H,21,23)/t11-/m0/s1. The molecule has 0 aliphatic heterocycles. The summed E-state index contributed by atoms with van der Waals surface area (Å²) in [4.78, 5) is 17.1. The number of amides is 1. The third kappa shape index (κ3) is 2.65. The van der Waals surface area contributed by atoms with E-state index in [9.17, 15) is 4.79 Å². The molecular formula is C19H17N3O3. The van der Waals surface area contributed by atoms with Crippen LogP contribution < -0.4 is 5.32 Å². The van der Waals surface area contributed by atoms with Crippen LogP contribution in [0.2, 0.25) is 0 Å². The molecule has 0 saturated carbocycles. The van der Waals surface area contributed by atoms with Gasteiger partial charge in [-0.1, -0.05) is 23.4 Å². The molecule has 126 valence electrons. The Labute approximate surface area is 143 Å². The number of benzene rings is 1. The second kappa shape index (κ2) is 5.73. The molecule has 0 bridgehead atoms. The molecule has 3 aromatic heterocycles. The van der Waals surface area contributed by atoms with E-state index in [0.29, 0.717) is 33.8 Å². The van der Waals surface area contributed by atoms with Crippen LogP contribution in [-0.4, -0.2) is 16.0 Å². The summed E-state index contributed by atoms with van der Waals surface area (Å²) in [7, 11) is 0. The molecule has 1 N–H and O–H groups in total. The van der Waals surface area contributed by atoms with Crippen molar-refractivity contribution in [3.63, 3.8) is 0 Å². The summed E-state index contributed by atoms with van der Waals surface area (Å²) in [6.45, 7) is 5.50. The zero-order valence-corrected chi connectivity index (χ0v) is 14.2. The van der Waals surface area contributed by atoms with Crippen LogP contribution in [-0.2, 0) is 0 Å². The van der Waals surface area contributed by atoms with Crippen LogP contribution in [0.5, 0.6) is 0 Å². The average Bonchev–Trinajstić information content (AvgIpc) is 3.18. The SMILES string of the molecule is Cc1cc(C(=O)N[C@@H](C)c2cc3ccccc3o2)c2c(C)noc2n1. The highest BCUT2D eigenvalue weighted by Gasteiger charge is 2.20. The Bertz CT molecular complexity index is 1060. The van der Waals surface area contributed by atoms with Crippen LogP contribution in [0.3, 0.4) is 0 Å². The molecule has 0 aliphatic carbocycles. The number of rotatable bonds is 3. The largest absolute Gasteiger partial charge is 0.459 e. The van der Waals surface area contributed by atoms with Crippen LogP contribution in [0.25, 0.3) is 22.1 Å². The highest BCUT2D eigenvalue weighted by atomic mass is 16.5. The zero-order valence-electron chi connectivity index (χ0n) is 14.2. The van der Waals surface area contributed by atoms with Crippen LogP contribution in [0.4, 0.5) is 0 Å². The first kappa shape index (κ1) is 15.4. The molecule has 0 spiro atoms. The van der Waals surface area contributed by atoms with Crippen molar-refractivity contribution in [2.24, 2.45) is 0 Å². The van der Waals surface area contributed by atoms with Gasteiger partial charge in [0.15, 0.2) is 0 Å². The highest BCUT2D eigenvalue weighted by Crippen LogP contribution is 2.25. The maximum atomic E-state index is 12.8. The quantitative estimate of drug-likeness (QED) is 0.610. The minimum absolute atomic E-state index is 0.213. The van der Waals surface area contributed by atoms with Gasteiger partial charge in [-0.15, -0.1) is 0 Å². The first-order valence-corrected chi connectivity index (χ1v) is 8.06. The number of furan rings is 1. The molecule has 1 atom stereocenters. The van der Waals surface area contributed by atoms with Gasteiger partial charge in [-0.25, -0.2) is 4.98 Å². The summed E-state index contributed by atoms with van der Waals surface area (Å²) in [5.74, 6) is 0.494. The van der Waals surface area contributed by atoms with E-state index >= 15 is 0 Å². The number of fused-ring (bicyclic) bond motifs is 2. The van der Waals surface area contributed by atoms with Gasteiger partial charge >= 0.3 is 0 Å². The Morgan fingerprint density at radius 3 is 2.80 bits per heavy atom. The van der Waals surface area contributed by atoms with Gasteiger partial charge in [0.1, 0.15) is 11.3 Å². The van der Waals surface area contributed by atoms with E-state index in [1.807, 2.05) is 44.2 Å². The van der Waals surface area contributed by atoms with E-state index in [1.165, 1.54) is 0 Å². The van der Waals surface area contributed by atoms with Crippen LogP contribution in [0.1, 0.15) is 40.5 Å². The van der Waals surface area contributed by atoms with E-state index in [4.69, 9.17) is 8.94 Å². The molecule has 3 heterocycles. The van der Waals surface area contributed by atoms with E-state index < -0.39 is 0 Å². The molecule has 0 fully saturated rings. The van der Waals surface area contributed by atoms with Crippen LogP contribution in [0.15, 0.2) is 45.3 Å². The first-order valence-electron chi connectivity index (χ1n) is 8.06. The van der Waals surface area contributed by atoms with Gasteiger partial charge in [0.2, 0.25) is 0 Å². The van der Waals surface area contributed by atoms with Crippen molar-refractivity contribution in [1.82, 2.24) is 15.5 Å². The van der Waals surface area contributed by atoms with E-state index in [-0.39, 0.29) is 11.9 Å². The summed E-state index contributed by atoms with van der Waals surface area (Å²) in [5.41, 5.74) is 3.02. The molecular weight excluding hydrogens is 318 g/mol. The summed E-state index contributed by atoms with van der Waals surface area (Å²) in [6, 6.07) is 11.2. The zero-order chi connectivity index (χ0) is 17.6. The molecule has 1 aromatic carbocycles. The Kier molecular flexibility index (Phi) is 3.53. The molecule has 25 heavy (non-hydrogen) atoms. The third-order valence-electron chi connectivity index (χ3n) is 4.21. The van der Waals surface area contributed by atoms with E-state index in [1.54, 1.807) is 13.0 Å². The number of nitrogens with one attached hydrogen (secondary N) is 1. The van der Waals surface area contributed by atoms with Gasteiger partial charge < -0.3 is 14.3 Å². The Balaban J connectivity index is 1.66. The van der Waals surface area contributed by atoms with Crippen LogP contribution >= 0.6 is 0 Å². The number of pyridine rings is 1. The predicted octanol–water partition coefficient (Wildman–Crippen LogP) is 4.08. The fourth-order valence-corrected chi connectivity index (χ4v) is 2.96. The molecule has 0 saturated heterocycles. The number of aryl methyl sites for hydroxylation is 2. The lowest BCUT2D eigenvalue weighted by Gasteiger charge is -2.12. The fourth-order valence-electron chi connectivity index (χ4n) is 2.96. The molecule has 0 unspecified atom stereocenters. The Morgan fingerprint density at radius 1 is 1.20 bits per heavy atom. The smallest absolute Gasteiger partial charge is 0.258 e. The van der Waals surface area contributed by atoms with Crippen LogP contribution in [0, 0.1) is 13.8 Å². The summed E-state index contributed by atoms with van der Waals surface area (Å²) in [6.07, 6.45) is 0. The highest BCUT2D eigenvalue weighted by molar-refractivity contribution is 6.06.